The summed E-state index contributed by atoms with van der Waals surface area (Å²) in [5.41, 5.74) is -0.679. The van der Waals surface area contributed by atoms with Gasteiger partial charge in [0.1, 0.15) is 17.4 Å². The molecule has 0 radical (unpaired) electrons. The number of carbonyl (C=O) groups excluding carboxylic acids is 5. The van der Waals surface area contributed by atoms with E-state index >= 15 is 0 Å². The molecular formula is C23H38N2O8. The first-order valence-corrected chi connectivity index (χ1v) is 11.6. The number of hydrogen-bond acceptors (Lipinski definition) is 8. The van der Waals surface area contributed by atoms with E-state index in [2.05, 4.69) is 5.32 Å². The van der Waals surface area contributed by atoms with Gasteiger partial charge in [0.05, 0.1) is 13.2 Å². The minimum Gasteiger partial charge on any atom is -0.465 e. The van der Waals surface area contributed by atoms with E-state index in [-0.39, 0.29) is 36.9 Å². The Morgan fingerprint density at radius 2 is 1.42 bits per heavy atom. The molecule has 3 amide bonds. The maximum atomic E-state index is 12.2. The van der Waals surface area contributed by atoms with Crippen LogP contribution in [0.3, 0.4) is 0 Å². The molecule has 2 aliphatic rings. The second-order valence-electron chi connectivity index (χ2n) is 8.97. The van der Waals surface area contributed by atoms with Gasteiger partial charge in [-0.3, -0.25) is 19.2 Å². The summed E-state index contributed by atoms with van der Waals surface area (Å²) in [6.07, 6.45) is 0.740. The van der Waals surface area contributed by atoms with Crippen LogP contribution in [0.15, 0.2) is 0 Å². The normalized spacial score (nSPS) is 24.5. The number of nitrogens with zero attached hydrogens (tertiary/aromatic N) is 1. The topological polar surface area (TPSA) is 128 Å². The average molecular weight is 471 g/mol. The molecule has 188 valence electrons. The summed E-state index contributed by atoms with van der Waals surface area (Å²) < 4.78 is 14.9. The molecule has 33 heavy (non-hydrogen) atoms. The monoisotopic (exact) mass is 470 g/mol. The molecule has 2 saturated heterocycles. The quantitative estimate of drug-likeness (QED) is 0.356. The first-order valence-electron chi connectivity index (χ1n) is 11.6. The van der Waals surface area contributed by atoms with Crippen molar-refractivity contribution in [2.75, 3.05) is 26.3 Å². The Morgan fingerprint density at radius 1 is 0.909 bits per heavy atom. The van der Waals surface area contributed by atoms with E-state index in [1.54, 1.807) is 34.6 Å². The number of likely N-dealkylation sites (tertiary alicyclic amines) is 1. The van der Waals surface area contributed by atoms with E-state index in [4.69, 9.17) is 14.2 Å². The molecular weight excluding hydrogens is 432 g/mol. The van der Waals surface area contributed by atoms with E-state index in [1.807, 2.05) is 13.8 Å². The first-order chi connectivity index (χ1) is 15.4. The maximum absolute atomic E-state index is 12.2. The highest BCUT2D eigenvalue weighted by Gasteiger charge is 2.48. The van der Waals surface area contributed by atoms with Crippen molar-refractivity contribution in [3.8, 4) is 0 Å². The van der Waals surface area contributed by atoms with Gasteiger partial charge < -0.3 is 19.5 Å². The van der Waals surface area contributed by atoms with E-state index < -0.39 is 35.4 Å². The summed E-state index contributed by atoms with van der Waals surface area (Å²) in [6.45, 7) is 13.8. The molecule has 0 bridgehead atoms. The van der Waals surface area contributed by atoms with Gasteiger partial charge >= 0.3 is 18.0 Å². The zero-order chi connectivity index (χ0) is 25.3. The molecule has 2 heterocycles. The lowest BCUT2D eigenvalue weighted by Crippen LogP contribution is -2.39. The Kier molecular flexibility index (Phi) is 10.8. The van der Waals surface area contributed by atoms with Gasteiger partial charge in [0, 0.05) is 13.1 Å². The minimum absolute atomic E-state index is 0.103. The molecule has 0 aromatic carbocycles. The Bertz CT molecular complexity index is 730. The van der Waals surface area contributed by atoms with Crippen LogP contribution in [0.25, 0.3) is 0 Å². The highest BCUT2D eigenvalue weighted by molar-refractivity contribution is 6.05. The molecule has 0 aromatic heterocycles. The summed E-state index contributed by atoms with van der Waals surface area (Å²) >= 11 is 0. The Morgan fingerprint density at radius 3 is 1.88 bits per heavy atom. The van der Waals surface area contributed by atoms with Crippen molar-refractivity contribution in [3.63, 3.8) is 0 Å². The van der Waals surface area contributed by atoms with Crippen LogP contribution in [-0.4, -0.2) is 66.7 Å². The molecule has 0 spiro atoms. The fourth-order valence-corrected chi connectivity index (χ4v) is 3.76. The standard InChI is InChI=1S/C14H23NO5.C9H15NO3/c1-6-9-8-15(13(18)20-14(3,4)5)11(16)10(9)12(17)19-7-2;1-3-6-5-10-8(11)7(6)9(12)13-4-2/h9-10H,6-8H2,1-5H3;6-7H,3-5H2,1-2H3,(H,10,11). The average Bonchev–Trinajstić information content (AvgIpc) is 3.26. The van der Waals surface area contributed by atoms with Crippen LogP contribution in [0.4, 0.5) is 4.79 Å². The number of esters is 2. The van der Waals surface area contributed by atoms with Gasteiger partial charge in [0.2, 0.25) is 11.8 Å². The van der Waals surface area contributed by atoms with Crippen LogP contribution in [-0.2, 0) is 33.4 Å². The van der Waals surface area contributed by atoms with Crippen LogP contribution < -0.4 is 5.32 Å². The second-order valence-corrected chi connectivity index (χ2v) is 8.97. The lowest BCUT2D eigenvalue weighted by atomic mass is 9.93. The Labute approximate surface area is 195 Å². The number of carbonyl (C=O) groups is 5. The van der Waals surface area contributed by atoms with Crippen molar-refractivity contribution in [2.24, 2.45) is 23.7 Å². The van der Waals surface area contributed by atoms with Crippen molar-refractivity contribution in [1.29, 1.82) is 0 Å². The first kappa shape index (κ1) is 28.4. The largest absolute Gasteiger partial charge is 0.465 e. The highest BCUT2D eigenvalue weighted by Crippen LogP contribution is 2.30. The van der Waals surface area contributed by atoms with E-state index in [9.17, 15) is 24.0 Å². The lowest BCUT2D eigenvalue weighted by molar-refractivity contribution is -0.154. The van der Waals surface area contributed by atoms with E-state index in [0.29, 0.717) is 19.6 Å². The summed E-state index contributed by atoms with van der Waals surface area (Å²) in [4.78, 5) is 59.7. The molecule has 2 aliphatic heterocycles. The van der Waals surface area contributed by atoms with Gasteiger partial charge in [-0.15, -0.1) is 0 Å². The van der Waals surface area contributed by atoms with Crippen LogP contribution in [0.5, 0.6) is 0 Å². The predicted octanol–water partition coefficient (Wildman–Crippen LogP) is 2.29. The summed E-state index contributed by atoms with van der Waals surface area (Å²) in [7, 11) is 0. The Hall–Kier alpha value is -2.65. The number of rotatable bonds is 6. The summed E-state index contributed by atoms with van der Waals surface area (Å²) in [5, 5.41) is 2.67. The predicted molar refractivity (Wildman–Crippen MR) is 119 cm³/mol. The van der Waals surface area contributed by atoms with Crippen LogP contribution in [0, 0.1) is 23.7 Å². The van der Waals surface area contributed by atoms with Gasteiger partial charge in [-0.05, 0) is 46.5 Å². The molecule has 10 heteroatoms. The number of nitrogens with one attached hydrogen (secondary N) is 1. The van der Waals surface area contributed by atoms with Gasteiger partial charge in [0.25, 0.3) is 0 Å². The molecule has 0 aliphatic carbocycles. The number of ether oxygens (including phenoxy) is 3. The molecule has 2 fully saturated rings. The van der Waals surface area contributed by atoms with Crippen molar-refractivity contribution in [3.05, 3.63) is 0 Å². The maximum Gasteiger partial charge on any atom is 0.417 e. The van der Waals surface area contributed by atoms with Crippen LogP contribution in [0.2, 0.25) is 0 Å². The molecule has 0 aromatic rings. The Balaban J connectivity index is 0.000000361. The smallest absolute Gasteiger partial charge is 0.417 e. The van der Waals surface area contributed by atoms with Crippen LogP contribution >= 0.6 is 0 Å². The molecule has 2 rings (SSSR count). The third-order valence-corrected chi connectivity index (χ3v) is 5.46. The zero-order valence-corrected chi connectivity index (χ0v) is 20.8. The van der Waals surface area contributed by atoms with Crippen molar-refractivity contribution >= 4 is 29.8 Å². The summed E-state index contributed by atoms with van der Waals surface area (Å²) in [6, 6.07) is 0. The highest BCUT2D eigenvalue weighted by atomic mass is 16.6. The van der Waals surface area contributed by atoms with E-state index in [1.165, 1.54) is 0 Å². The van der Waals surface area contributed by atoms with Crippen molar-refractivity contribution < 1.29 is 38.2 Å². The minimum atomic E-state index is -0.896. The van der Waals surface area contributed by atoms with Crippen LogP contribution in [0.1, 0.15) is 61.3 Å². The molecule has 0 saturated carbocycles. The third kappa shape index (κ3) is 7.71. The zero-order valence-electron chi connectivity index (χ0n) is 20.8. The van der Waals surface area contributed by atoms with Gasteiger partial charge in [-0.1, -0.05) is 26.7 Å². The van der Waals surface area contributed by atoms with Gasteiger partial charge in [-0.2, -0.15) is 0 Å². The fourth-order valence-electron chi connectivity index (χ4n) is 3.76. The lowest BCUT2D eigenvalue weighted by Gasteiger charge is -2.23. The van der Waals surface area contributed by atoms with Gasteiger partial charge in [0.15, 0.2) is 0 Å². The fraction of sp³-hybridized carbons (Fsp3) is 0.783. The molecule has 4 unspecified atom stereocenters. The SMILES string of the molecule is CCOC(=O)C1C(=O)N(C(=O)OC(C)(C)C)CC1CC.CCOC(=O)C1C(=O)NCC1CC. The second kappa shape index (κ2) is 12.6. The molecule has 4 atom stereocenters. The number of hydrogen-bond donors (Lipinski definition) is 1. The van der Waals surface area contributed by atoms with Crippen molar-refractivity contribution in [2.45, 2.75) is 66.9 Å². The summed E-state index contributed by atoms with van der Waals surface area (Å²) in [5.74, 6) is -3.24. The number of amides is 3. The van der Waals surface area contributed by atoms with Gasteiger partial charge in [-0.25, -0.2) is 9.69 Å². The third-order valence-electron chi connectivity index (χ3n) is 5.46. The number of imide groups is 1. The molecule has 1 N–H and O–H groups in total. The molecule has 10 nitrogen and oxygen atoms in total. The van der Waals surface area contributed by atoms with E-state index in [0.717, 1.165) is 11.3 Å². The van der Waals surface area contributed by atoms with Crippen molar-refractivity contribution in [1.82, 2.24) is 10.2 Å².